The zero-order valence-electron chi connectivity index (χ0n) is 15.7. The average molecular weight is 357 g/mol. The molecule has 0 bridgehead atoms. The lowest BCUT2D eigenvalue weighted by Crippen LogP contribution is -2.17. The van der Waals surface area contributed by atoms with Gasteiger partial charge in [-0.05, 0) is 57.7 Å². The number of carbonyl (C=O) groups excluding carboxylic acids is 2. The second-order valence-electron chi connectivity index (χ2n) is 7.29. The standard InChI is InChI=1S/C16H17NO2.C5H10O2/c18-11-9-12-3-5-13(6-4-12)16(19)15-8-7-14-2-1-10-17(14)15;1-5(2,3)7-4-6/h3-8,18H,1-2,9-11H2;4H,1-3H3. The van der Waals surface area contributed by atoms with Crippen molar-refractivity contribution in [1.82, 2.24) is 4.57 Å². The van der Waals surface area contributed by atoms with Crippen LogP contribution in [0.2, 0.25) is 0 Å². The van der Waals surface area contributed by atoms with Crippen molar-refractivity contribution in [3.8, 4) is 0 Å². The van der Waals surface area contributed by atoms with E-state index in [9.17, 15) is 9.59 Å². The van der Waals surface area contributed by atoms with Gasteiger partial charge in [-0.2, -0.15) is 0 Å². The van der Waals surface area contributed by atoms with Gasteiger partial charge in [0, 0.05) is 24.4 Å². The maximum Gasteiger partial charge on any atom is 0.293 e. The highest BCUT2D eigenvalue weighted by Crippen LogP contribution is 2.21. The van der Waals surface area contributed by atoms with Gasteiger partial charge in [-0.15, -0.1) is 0 Å². The molecule has 2 heterocycles. The minimum atomic E-state index is -0.318. The first-order chi connectivity index (χ1) is 12.4. The van der Waals surface area contributed by atoms with Gasteiger partial charge in [0.2, 0.25) is 5.78 Å². The Morgan fingerprint density at radius 2 is 1.88 bits per heavy atom. The number of ether oxygens (including phenoxy) is 1. The van der Waals surface area contributed by atoms with Crippen LogP contribution in [0.4, 0.5) is 0 Å². The molecule has 0 unspecified atom stereocenters. The molecule has 5 nitrogen and oxygen atoms in total. The molecule has 2 aromatic rings. The van der Waals surface area contributed by atoms with Crippen LogP contribution >= 0.6 is 0 Å². The fourth-order valence-corrected chi connectivity index (χ4v) is 2.85. The lowest BCUT2D eigenvalue weighted by Gasteiger charge is -2.14. The van der Waals surface area contributed by atoms with Gasteiger partial charge in [0.1, 0.15) is 5.60 Å². The Morgan fingerprint density at radius 3 is 2.42 bits per heavy atom. The zero-order chi connectivity index (χ0) is 19.2. The van der Waals surface area contributed by atoms with Gasteiger partial charge in [-0.3, -0.25) is 9.59 Å². The molecule has 5 heteroatoms. The molecule has 1 N–H and O–H groups in total. The minimum absolute atomic E-state index is 0.0868. The normalized spacial score (nSPS) is 12.8. The number of benzene rings is 1. The summed E-state index contributed by atoms with van der Waals surface area (Å²) >= 11 is 0. The lowest BCUT2D eigenvalue weighted by atomic mass is 10.0. The molecule has 0 radical (unpaired) electrons. The van der Waals surface area contributed by atoms with Crippen LogP contribution in [0.15, 0.2) is 36.4 Å². The molecular formula is C21H27NO4. The molecule has 140 valence electrons. The minimum Gasteiger partial charge on any atom is -0.462 e. The summed E-state index contributed by atoms with van der Waals surface area (Å²) in [4.78, 5) is 22.1. The van der Waals surface area contributed by atoms with E-state index in [1.807, 2.05) is 51.1 Å². The molecule has 1 aromatic heterocycles. The van der Waals surface area contributed by atoms with Gasteiger partial charge < -0.3 is 14.4 Å². The Bertz CT molecular complexity index is 738. The van der Waals surface area contributed by atoms with E-state index in [-0.39, 0.29) is 18.0 Å². The van der Waals surface area contributed by atoms with Gasteiger partial charge >= 0.3 is 0 Å². The number of hydrogen-bond acceptors (Lipinski definition) is 4. The smallest absolute Gasteiger partial charge is 0.293 e. The number of aliphatic hydroxyl groups is 1. The van der Waals surface area contributed by atoms with Gasteiger partial charge in [0.15, 0.2) is 0 Å². The van der Waals surface area contributed by atoms with Crippen LogP contribution in [0.25, 0.3) is 0 Å². The van der Waals surface area contributed by atoms with Crippen LogP contribution in [0, 0.1) is 0 Å². The Kier molecular flexibility index (Phi) is 6.75. The maximum absolute atomic E-state index is 12.5. The van der Waals surface area contributed by atoms with Crippen LogP contribution in [0.1, 0.15) is 54.5 Å². The highest BCUT2D eigenvalue weighted by Gasteiger charge is 2.19. The lowest BCUT2D eigenvalue weighted by molar-refractivity contribution is -0.138. The van der Waals surface area contributed by atoms with Crippen LogP contribution < -0.4 is 0 Å². The molecule has 1 aromatic carbocycles. The number of nitrogens with zero attached hydrogens (tertiary/aromatic N) is 1. The van der Waals surface area contributed by atoms with E-state index in [0.29, 0.717) is 12.9 Å². The second-order valence-corrected chi connectivity index (χ2v) is 7.29. The van der Waals surface area contributed by atoms with E-state index < -0.39 is 0 Å². The molecule has 0 atom stereocenters. The highest BCUT2D eigenvalue weighted by atomic mass is 16.5. The van der Waals surface area contributed by atoms with Crippen molar-refractivity contribution >= 4 is 12.3 Å². The summed E-state index contributed by atoms with van der Waals surface area (Å²) in [5, 5.41) is 8.88. The van der Waals surface area contributed by atoms with Crippen molar-refractivity contribution in [2.75, 3.05) is 6.61 Å². The van der Waals surface area contributed by atoms with E-state index in [2.05, 4.69) is 15.4 Å². The fraction of sp³-hybridized carbons (Fsp3) is 0.429. The first-order valence-electron chi connectivity index (χ1n) is 8.90. The Hall–Kier alpha value is -2.40. The molecule has 0 spiro atoms. The van der Waals surface area contributed by atoms with Gasteiger partial charge in [-0.1, -0.05) is 24.3 Å². The molecule has 26 heavy (non-hydrogen) atoms. The molecule has 3 rings (SSSR count). The van der Waals surface area contributed by atoms with E-state index >= 15 is 0 Å². The number of ketones is 1. The average Bonchev–Trinajstić information content (AvgIpc) is 3.18. The number of aliphatic hydroxyl groups excluding tert-OH is 1. The number of fused-ring (bicyclic) bond motifs is 1. The summed E-state index contributed by atoms with van der Waals surface area (Å²) in [7, 11) is 0. The Labute approximate surface area is 154 Å². The van der Waals surface area contributed by atoms with E-state index in [1.54, 1.807) is 0 Å². The second kappa shape index (κ2) is 8.81. The Morgan fingerprint density at radius 1 is 1.19 bits per heavy atom. The highest BCUT2D eigenvalue weighted by molar-refractivity contribution is 6.08. The number of carbonyl (C=O) groups is 2. The first kappa shape index (κ1) is 19.9. The van der Waals surface area contributed by atoms with Crippen molar-refractivity contribution in [2.24, 2.45) is 0 Å². The van der Waals surface area contributed by atoms with Crippen molar-refractivity contribution < 1.29 is 19.4 Å². The van der Waals surface area contributed by atoms with Crippen LogP contribution in [0.3, 0.4) is 0 Å². The third-order valence-electron chi connectivity index (χ3n) is 4.14. The third kappa shape index (κ3) is 5.30. The number of hydrogen-bond donors (Lipinski definition) is 1. The van der Waals surface area contributed by atoms with Crippen molar-refractivity contribution in [1.29, 1.82) is 0 Å². The monoisotopic (exact) mass is 357 g/mol. The van der Waals surface area contributed by atoms with Crippen LogP contribution in [-0.2, 0) is 28.9 Å². The molecule has 0 fully saturated rings. The maximum atomic E-state index is 12.5. The van der Waals surface area contributed by atoms with Gasteiger partial charge in [0.25, 0.3) is 6.47 Å². The van der Waals surface area contributed by atoms with E-state index in [1.165, 1.54) is 5.69 Å². The fourth-order valence-electron chi connectivity index (χ4n) is 2.85. The SMILES string of the molecule is CC(C)(C)OC=O.O=C(c1ccc(CCO)cc1)c1ccc2n1CCC2. The summed E-state index contributed by atoms with van der Waals surface area (Å²) in [6, 6.07) is 11.5. The molecular weight excluding hydrogens is 330 g/mol. The summed E-state index contributed by atoms with van der Waals surface area (Å²) in [5.41, 5.74) is 3.51. The molecule has 1 aliphatic heterocycles. The largest absolute Gasteiger partial charge is 0.462 e. The molecule has 0 amide bonds. The zero-order valence-corrected chi connectivity index (χ0v) is 15.7. The van der Waals surface area contributed by atoms with E-state index in [4.69, 9.17) is 5.11 Å². The number of rotatable bonds is 5. The Balaban J connectivity index is 0.000000298. The van der Waals surface area contributed by atoms with Crippen LogP contribution in [0.5, 0.6) is 0 Å². The van der Waals surface area contributed by atoms with Crippen LogP contribution in [-0.4, -0.2) is 34.1 Å². The summed E-state index contributed by atoms with van der Waals surface area (Å²) in [6.07, 6.45) is 2.84. The van der Waals surface area contributed by atoms with Crippen molar-refractivity contribution in [3.05, 3.63) is 58.9 Å². The number of aryl methyl sites for hydroxylation is 1. The predicted octanol–water partition coefficient (Wildman–Crippen LogP) is 3.16. The molecule has 0 aliphatic carbocycles. The molecule has 0 saturated heterocycles. The van der Waals surface area contributed by atoms with Crippen molar-refractivity contribution in [2.45, 2.75) is 52.2 Å². The first-order valence-corrected chi connectivity index (χ1v) is 8.90. The quantitative estimate of drug-likeness (QED) is 0.659. The summed E-state index contributed by atoms with van der Waals surface area (Å²) in [6.45, 7) is 7.01. The molecule has 1 aliphatic rings. The summed E-state index contributed by atoms with van der Waals surface area (Å²) in [5.74, 6) is 0.0868. The molecule has 0 saturated carbocycles. The van der Waals surface area contributed by atoms with E-state index in [0.717, 1.165) is 36.2 Å². The number of aromatic nitrogens is 1. The van der Waals surface area contributed by atoms with Gasteiger partial charge in [-0.25, -0.2) is 0 Å². The third-order valence-corrected chi connectivity index (χ3v) is 4.14. The predicted molar refractivity (Wildman–Crippen MR) is 100 cm³/mol. The van der Waals surface area contributed by atoms with Crippen molar-refractivity contribution in [3.63, 3.8) is 0 Å². The van der Waals surface area contributed by atoms with Gasteiger partial charge in [0.05, 0.1) is 5.69 Å². The summed E-state index contributed by atoms with van der Waals surface area (Å²) < 4.78 is 6.68. The topological polar surface area (TPSA) is 68.5 Å².